The average molecular weight is 222 g/mol. The molecule has 0 saturated carbocycles. The van der Waals surface area contributed by atoms with Crippen LogP contribution in [-0.4, -0.2) is 17.7 Å². The summed E-state index contributed by atoms with van der Waals surface area (Å²) in [6.07, 6.45) is 1.01. The first-order valence-corrected chi connectivity index (χ1v) is 5.52. The maximum absolute atomic E-state index is 11.4. The second-order valence-electron chi connectivity index (χ2n) is 3.97. The first-order valence-electron chi connectivity index (χ1n) is 5.52. The zero-order valence-corrected chi connectivity index (χ0v) is 9.56. The smallest absolute Gasteiger partial charge is 0.306 e. The Kier molecular flexibility index (Phi) is 5.57. The lowest BCUT2D eigenvalue weighted by molar-refractivity contribution is -0.146. The molecular formula is C13H18O3. The van der Waals surface area contributed by atoms with Crippen LogP contribution >= 0.6 is 0 Å². The van der Waals surface area contributed by atoms with Crippen LogP contribution < -0.4 is 0 Å². The molecule has 0 amide bonds. The van der Waals surface area contributed by atoms with Crippen molar-refractivity contribution in [2.45, 2.75) is 26.4 Å². The first-order chi connectivity index (χ1) is 7.72. The highest BCUT2D eigenvalue weighted by atomic mass is 16.5. The molecule has 1 atom stereocenters. The van der Waals surface area contributed by atoms with Gasteiger partial charge in [0.05, 0.1) is 0 Å². The van der Waals surface area contributed by atoms with Gasteiger partial charge in [-0.1, -0.05) is 37.3 Å². The van der Waals surface area contributed by atoms with Gasteiger partial charge in [-0.25, -0.2) is 0 Å². The predicted octanol–water partition coefficient (Wildman–Crippen LogP) is 2.14. The van der Waals surface area contributed by atoms with Crippen LogP contribution in [0.5, 0.6) is 0 Å². The summed E-state index contributed by atoms with van der Waals surface area (Å²) in [7, 11) is 0. The van der Waals surface area contributed by atoms with Crippen molar-refractivity contribution in [3.63, 3.8) is 0 Å². The summed E-state index contributed by atoms with van der Waals surface area (Å²) in [6.45, 7) is 2.37. The van der Waals surface area contributed by atoms with E-state index in [4.69, 9.17) is 9.84 Å². The highest BCUT2D eigenvalue weighted by Gasteiger charge is 2.09. The molecule has 88 valence electrons. The monoisotopic (exact) mass is 222 g/mol. The Morgan fingerprint density at radius 1 is 1.38 bits per heavy atom. The van der Waals surface area contributed by atoms with Crippen molar-refractivity contribution >= 4 is 5.97 Å². The maximum atomic E-state index is 11.4. The largest absolute Gasteiger partial charge is 0.461 e. The zero-order valence-electron chi connectivity index (χ0n) is 9.56. The average Bonchev–Trinajstić information content (AvgIpc) is 2.28. The van der Waals surface area contributed by atoms with Gasteiger partial charge in [0.25, 0.3) is 0 Å². The number of hydrogen-bond acceptors (Lipinski definition) is 3. The minimum Gasteiger partial charge on any atom is -0.461 e. The number of aliphatic hydroxyl groups excluding tert-OH is 1. The standard InChI is InChI=1S/C13H18O3/c1-11(7-8-14)9-13(15)16-10-12-5-3-2-4-6-12/h2-6,11,14H,7-10H2,1H3/t11-/m0/s1. The highest BCUT2D eigenvalue weighted by Crippen LogP contribution is 2.09. The van der Waals surface area contributed by atoms with Crippen molar-refractivity contribution in [3.8, 4) is 0 Å². The fraction of sp³-hybridized carbons (Fsp3) is 0.462. The Morgan fingerprint density at radius 2 is 2.06 bits per heavy atom. The van der Waals surface area contributed by atoms with Gasteiger partial charge in [-0.2, -0.15) is 0 Å². The van der Waals surface area contributed by atoms with Crippen LogP contribution in [-0.2, 0) is 16.1 Å². The van der Waals surface area contributed by atoms with Gasteiger partial charge in [0.1, 0.15) is 6.61 Å². The molecule has 16 heavy (non-hydrogen) atoms. The van der Waals surface area contributed by atoms with Crippen LogP contribution in [0.25, 0.3) is 0 Å². The highest BCUT2D eigenvalue weighted by molar-refractivity contribution is 5.69. The minimum absolute atomic E-state index is 0.118. The Bertz CT molecular complexity index is 308. The van der Waals surface area contributed by atoms with Crippen LogP contribution in [0.15, 0.2) is 30.3 Å². The Labute approximate surface area is 96.1 Å². The summed E-state index contributed by atoms with van der Waals surface area (Å²) in [6, 6.07) is 9.60. The molecule has 0 saturated heterocycles. The van der Waals surface area contributed by atoms with Crippen LogP contribution in [0.3, 0.4) is 0 Å². The molecule has 3 heteroatoms. The second-order valence-corrected chi connectivity index (χ2v) is 3.97. The van der Waals surface area contributed by atoms with E-state index in [0.29, 0.717) is 19.4 Å². The van der Waals surface area contributed by atoms with Crippen molar-refractivity contribution in [2.75, 3.05) is 6.61 Å². The summed E-state index contributed by atoms with van der Waals surface area (Å²) in [4.78, 5) is 11.4. The van der Waals surface area contributed by atoms with Gasteiger partial charge < -0.3 is 9.84 Å². The van der Waals surface area contributed by atoms with Crippen LogP contribution in [0.4, 0.5) is 0 Å². The molecule has 0 aliphatic rings. The van der Waals surface area contributed by atoms with Crippen molar-refractivity contribution < 1.29 is 14.6 Å². The molecule has 0 aromatic heterocycles. The molecule has 1 rings (SSSR count). The summed E-state index contributed by atoms with van der Waals surface area (Å²) in [5, 5.41) is 8.71. The maximum Gasteiger partial charge on any atom is 0.306 e. The van der Waals surface area contributed by atoms with Crippen LogP contribution in [0.1, 0.15) is 25.3 Å². The molecule has 0 aliphatic heterocycles. The summed E-state index contributed by atoms with van der Waals surface area (Å²) >= 11 is 0. The van der Waals surface area contributed by atoms with E-state index in [0.717, 1.165) is 5.56 Å². The van der Waals surface area contributed by atoms with Crippen LogP contribution in [0, 0.1) is 5.92 Å². The summed E-state index contributed by atoms with van der Waals surface area (Å²) in [5.74, 6) is -0.0296. The SMILES string of the molecule is C[C@@H](CCO)CC(=O)OCc1ccccc1. The lowest BCUT2D eigenvalue weighted by Gasteiger charge is -2.09. The molecule has 0 bridgehead atoms. The quantitative estimate of drug-likeness (QED) is 0.750. The second kappa shape index (κ2) is 7.01. The van der Waals surface area contributed by atoms with Crippen molar-refractivity contribution in [1.29, 1.82) is 0 Å². The molecule has 0 unspecified atom stereocenters. The Hall–Kier alpha value is -1.35. The lowest BCUT2D eigenvalue weighted by atomic mass is 10.1. The van der Waals surface area contributed by atoms with Gasteiger partial charge in [0.15, 0.2) is 0 Å². The number of rotatable bonds is 6. The third-order valence-corrected chi connectivity index (χ3v) is 2.38. The van der Waals surface area contributed by atoms with E-state index in [1.807, 2.05) is 37.3 Å². The fourth-order valence-electron chi connectivity index (χ4n) is 1.40. The molecule has 0 radical (unpaired) electrons. The lowest BCUT2D eigenvalue weighted by Crippen LogP contribution is -2.10. The van der Waals surface area contributed by atoms with Gasteiger partial charge in [-0.15, -0.1) is 0 Å². The van der Waals surface area contributed by atoms with Crippen molar-refractivity contribution in [2.24, 2.45) is 5.92 Å². The van der Waals surface area contributed by atoms with E-state index in [2.05, 4.69) is 0 Å². The third kappa shape index (κ3) is 4.94. The summed E-state index contributed by atoms with van der Waals surface area (Å²) < 4.78 is 5.12. The number of carbonyl (C=O) groups is 1. The van der Waals surface area contributed by atoms with E-state index in [1.165, 1.54) is 0 Å². The van der Waals surface area contributed by atoms with E-state index in [1.54, 1.807) is 0 Å². The van der Waals surface area contributed by atoms with Gasteiger partial charge in [0.2, 0.25) is 0 Å². The molecule has 1 aromatic carbocycles. The molecule has 1 N–H and O–H groups in total. The van der Waals surface area contributed by atoms with Crippen molar-refractivity contribution in [1.82, 2.24) is 0 Å². The molecular weight excluding hydrogens is 204 g/mol. The molecule has 0 fully saturated rings. The van der Waals surface area contributed by atoms with E-state index in [9.17, 15) is 4.79 Å². The van der Waals surface area contributed by atoms with Gasteiger partial charge in [-0.3, -0.25) is 4.79 Å². The first kappa shape index (κ1) is 12.7. The number of ether oxygens (including phenoxy) is 1. The van der Waals surface area contributed by atoms with Gasteiger partial charge >= 0.3 is 5.97 Å². The summed E-state index contributed by atoms with van der Waals surface area (Å²) in [5.41, 5.74) is 0.991. The molecule has 0 aliphatic carbocycles. The van der Waals surface area contributed by atoms with E-state index in [-0.39, 0.29) is 18.5 Å². The topological polar surface area (TPSA) is 46.5 Å². The molecule has 0 spiro atoms. The Balaban J connectivity index is 2.25. The molecule has 1 aromatic rings. The van der Waals surface area contributed by atoms with Gasteiger partial charge in [0, 0.05) is 13.0 Å². The number of carbonyl (C=O) groups excluding carboxylic acids is 1. The third-order valence-electron chi connectivity index (χ3n) is 2.38. The number of benzene rings is 1. The van der Waals surface area contributed by atoms with Crippen molar-refractivity contribution in [3.05, 3.63) is 35.9 Å². The molecule has 0 heterocycles. The Morgan fingerprint density at radius 3 is 2.69 bits per heavy atom. The van der Waals surface area contributed by atoms with E-state index >= 15 is 0 Å². The minimum atomic E-state index is -0.204. The zero-order chi connectivity index (χ0) is 11.8. The molecule has 3 nitrogen and oxygen atoms in total. The number of hydrogen-bond donors (Lipinski definition) is 1. The number of aliphatic hydroxyl groups is 1. The van der Waals surface area contributed by atoms with Crippen LogP contribution in [0.2, 0.25) is 0 Å². The fourth-order valence-corrected chi connectivity index (χ4v) is 1.40. The van der Waals surface area contributed by atoms with Gasteiger partial charge in [-0.05, 0) is 17.9 Å². The van der Waals surface area contributed by atoms with E-state index < -0.39 is 0 Å². The normalized spacial score (nSPS) is 12.1. The predicted molar refractivity (Wildman–Crippen MR) is 61.7 cm³/mol. The number of esters is 1.